The first-order chi connectivity index (χ1) is 2.41. The Labute approximate surface area is 58.4 Å². The fourth-order valence-corrected chi connectivity index (χ4v) is 0.125. The van der Waals surface area contributed by atoms with Crippen molar-refractivity contribution < 1.29 is 26.2 Å². The van der Waals surface area contributed by atoms with Crippen LogP contribution in [0.5, 0.6) is 0 Å². The van der Waals surface area contributed by atoms with Gasteiger partial charge >= 0.3 is 26.2 Å². The van der Waals surface area contributed by atoms with E-state index in [1.165, 1.54) is 0 Å². The molecule has 2 heteroatoms. The first kappa shape index (κ1) is 9.96. The molecule has 0 aliphatic carbocycles. The molecule has 0 saturated heterocycles. The van der Waals surface area contributed by atoms with Crippen molar-refractivity contribution >= 4 is 0 Å². The van der Waals surface area contributed by atoms with Crippen LogP contribution in [0, 0.1) is 6.92 Å². The molecule has 0 radical (unpaired) electrons. The summed E-state index contributed by atoms with van der Waals surface area (Å²) >= 11 is 0. The first-order valence-electron chi connectivity index (χ1n) is 1.85. The summed E-state index contributed by atoms with van der Waals surface area (Å²) < 4.78 is 0. The van der Waals surface area contributed by atoms with E-state index in [1.54, 1.807) is 0 Å². The molecule has 0 aliphatic heterocycles. The van der Waals surface area contributed by atoms with Gasteiger partial charge in [0.05, 0.1) is 0 Å². The fourth-order valence-electron chi connectivity index (χ4n) is 0.125. The van der Waals surface area contributed by atoms with Crippen LogP contribution in [0.15, 0.2) is 0 Å². The molecule has 6 heavy (non-hydrogen) atoms. The van der Waals surface area contributed by atoms with Crippen LogP contribution in [0.3, 0.4) is 0 Å². The SMILES string of the molecule is [CH2-]CCC[NH-].[Zr+2]. The van der Waals surface area contributed by atoms with Gasteiger partial charge in [0, 0.05) is 0 Å². The summed E-state index contributed by atoms with van der Waals surface area (Å²) in [4.78, 5) is 0. The van der Waals surface area contributed by atoms with Crippen molar-refractivity contribution in [1.29, 1.82) is 0 Å². The van der Waals surface area contributed by atoms with Gasteiger partial charge in [-0.05, 0) is 0 Å². The van der Waals surface area contributed by atoms with E-state index in [-0.39, 0.29) is 26.2 Å². The first-order valence-corrected chi connectivity index (χ1v) is 1.85. The maximum absolute atomic E-state index is 6.56. The minimum atomic E-state index is 0. The summed E-state index contributed by atoms with van der Waals surface area (Å²) in [5, 5.41) is 0. The summed E-state index contributed by atoms with van der Waals surface area (Å²) in [5.74, 6) is 0. The van der Waals surface area contributed by atoms with Crippen molar-refractivity contribution in [3.63, 3.8) is 0 Å². The molecule has 0 aromatic rings. The molecule has 0 atom stereocenters. The Hall–Kier alpha value is 0.843. The van der Waals surface area contributed by atoms with Crippen LogP contribution in [-0.4, -0.2) is 6.54 Å². The normalized spacial score (nSPS) is 7.00. The van der Waals surface area contributed by atoms with Crippen molar-refractivity contribution in [2.45, 2.75) is 12.8 Å². The van der Waals surface area contributed by atoms with Gasteiger partial charge in [-0.2, -0.15) is 13.0 Å². The van der Waals surface area contributed by atoms with Gasteiger partial charge in [0.15, 0.2) is 0 Å². The Balaban J connectivity index is 0. The Morgan fingerprint density at radius 3 is 2.00 bits per heavy atom. The molecule has 0 aromatic heterocycles. The van der Waals surface area contributed by atoms with E-state index in [0.717, 1.165) is 12.8 Å². The van der Waals surface area contributed by atoms with Crippen LogP contribution in [0.25, 0.3) is 5.73 Å². The maximum atomic E-state index is 6.56. The standard InChI is InChI=1S/C4H9N.Zr/c1-2-3-4-5;/h5H,1-4H2;/q-2;+2. The summed E-state index contributed by atoms with van der Waals surface area (Å²) in [7, 11) is 0. The largest absolute Gasteiger partial charge is 2.00 e. The van der Waals surface area contributed by atoms with Gasteiger partial charge in [-0.1, -0.05) is 6.42 Å². The molecule has 0 aromatic carbocycles. The minimum Gasteiger partial charge on any atom is -0.677 e. The van der Waals surface area contributed by atoms with Gasteiger partial charge in [0.25, 0.3) is 0 Å². The van der Waals surface area contributed by atoms with E-state index >= 15 is 0 Å². The second-order valence-corrected chi connectivity index (χ2v) is 0.957. The molecule has 0 amide bonds. The number of rotatable bonds is 2. The average molecular weight is 162 g/mol. The van der Waals surface area contributed by atoms with Crippen LogP contribution >= 0.6 is 0 Å². The third-order valence-corrected chi connectivity index (χ3v) is 0.427. The molecular weight excluding hydrogens is 153 g/mol. The molecule has 0 spiro atoms. The zero-order valence-electron chi connectivity index (χ0n) is 3.83. The van der Waals surface area contributed by atoms with E-state index < -0.39 is 0 Å². The van der Waals surface area contributed by atoms with Crippen molar-refractivity contribution in [2.75, 3.05) is 6.54 Å². The van der Waals surface area contributed by atoms with Gasteiger partial charge in [-0.25, -0.2) is 0 Å². The van der Waals surface area contributed by atoms with Crippen molar-refractivity contribution in [1.82, 2.24) is 0 Å². The molecule has 34 valence electrons. The predicted octanol–water partition coefficient (Wildman–Crippen LogP) is 1.65. The molecule has 0 rings (SSSR count). The quantitative estimate of drug-likeness (QED) is 0.551. The second-order valence-electron chi connectivity index (χ2n) is 0.957. The predicted molar refractivity (Wildman–Crippen MR) is 23.8 cm³/mol. The molecule has 0 saturated carbocycles. The molecule has 0 unspecified atom stereocenters. The number of hydrogen-bond donors (Lipinski definition) is 0. The Morgan fingerprint density at radius 1 is 1.50 bits per heavy atom. The van der Waals surface area contributed by atoms with Gasteiger partial charge in [-0.15, -0.1) is 0 Å². The third kappa shape index (κ3) is 8.85. The molecule has 0 fully saturated rings. The molecule has 0 heterocycles. The van der Waals surface area contributed by atoms with E-state index in [1.807, 2.05) is 0 Å². The molecule has 0 bridgehead atoms. The van der Waals surface area contributed by atoms with Gasteiger partial charge in [0.2, 0.25) is 0 Å². The average Bonchev–Trinajstić information content (AvgIpc) is 1.41. The minimum absolute atomic E-state index is 0. The van der Waals surface area contributed by atoms with Crippen LogP contribution in [-0.2, 0) is 26.2 Å². The number of nitrogens with one attached hydrogen (secondary N) is 1. The number of hydrogen-bond acceptors (Lipinski definition) is 0. The zero-order valence-corrected chi connectivity index (χ0v) is 6.29. The topological polar surface area (TPSA) is 23.8 Å². The van der Waals surface area contributed by atoms with Crippen molar-refractivity contribution in [2.24, 2.45) is 0 Å². The Morgan fingerprint density at radius 2 is 2.00 bits per heavy atom. The molecular formula is C4H9NZr. The van der Waals surface area contributed by atoms with E-state index in [9.17, 15) is 0 Å². The van der Waals surface area contributed by atoms with E-state index in [0.29, 0.717) is 6.54 Å². The molecule has 1 N–H and O–H groups in total. The van der Waals surface area contributed by atoms with Crippen molar-refractivity contribution in [3.8, 4) is 0 Å². The van der Waals surface area contributed by atoms with Crippen LogP contribution < -0.4 is 0 Å². The summed E-state index contributed by atoms with van der Waals surface area (Å²) in [6.45, 7) is 4.09. The van der Waals surface area contributed by atoms with Crippen LogP contribution in [0.1, 0.15) is 12.8 Å². The summed E-state index contributed by atoms with van der Waals surface area (Å²) in [6.07, 6.45) is 1.85. The monoisotopic (exact) mass is 161 g/mol. The van der Waals surface area contributed by atoms with Crippen LogP contribution in [0.2, 0.25) is 0 Å². The third-order valence-electron chi connectivity index (χ3n) is 0.427. The van der Waals surface area contributed by atoms with Crippen molar-refractivity contribution in [3.05, 3.63) is 12.7 Å². The Kier molecular flexibility index (Phi) is 15.4. The van der Waals surface area contributed by atoms with Crippen LogP contribution in [0.4, 0.5) is 0 Å². The van der Waals surface area contributed by atoms with E-state index in [4.69, 9.17) is 5.73 Å². The summed E-state index contributed by atoms with van der Waals surface area (Å²) in [6, 6.07) is 0. The molecule has 1 nitrogen and oxygen atoms in total. The smallest absolute Gasteiger partial charge is 0.677 e. The van der Waals surface area contributed by atoms with Gasteiger partial charge < -0.3 is 12.7 Å². The molecule has 0 aliphatic rings. The second kappa shape index (κ2) is 9.28. The van der Waals surface area contributed by atoms with Gasteiger partial charge in [0.1, 0.15) is 0 Å². The van der Waals surface area contributed by atoms with E-state index in [2.05, 4.69) is 6.92 Å². The number of unbranched alkanes of at least 4 members (excludes halogenated alkanes) is 1. The summed E-state index contributed by atoms with van der Waals surface area (Å²) in [5.41, 5.74) is 6.56. The maximum Gasteiger partial charge on any atom is 2.00 e. The fraction of sp³-hybridized carbons (Fsp3) is 0.750. The Bertz CT molecular complexity index is 15.0. The van der Waals surface area contributed by atoms with Gasteiger partial charge in [-0.3, -0.25) is 0 Å². The zero-order chi connectivity index (χ0) is 4.12.